The molecule has 0 N–H and O–H groups in total. The third kappa shape index (κ3) is 0.899. The van der Waals surface area contributed by atoms with Crippen LogP contribution in [0.15, 0.2) is 24.3 Å². The van der Waals surface area contributed by atoms with Crippen LogP contribution in [0.4, 0.5) is 0 Å². The lowest BCUT2D eigenvalue weighted by Crippen LogP contribution is -2.38. The van der Waals surface area contributed by atoms with E-state index in [0.29, 0.717) is 6.42 Å². The standard InChI is InChI=1S/C10H10O3/c1-13-9(12)10-5-2-3-7(4-6-10)8(10)11/h2,4-7H,3H2,1H3/t7-,10-/m0/s1. The Labute approximate surface area is 76.1 Å². The minimum absolute atomic E-state index is 0.0538. The number of hydrogen-bond acceptors (Lipinski definition) is 3. The first kappa shape index (κ1) is 8.23. The van der Waals surface area contributed by atoms with Crippen LogP contribution in [-0.4, -0.2) is 18.9 Å². The third-order valence-electron chi connectivity index (χ3n) is 2.63. The number of esters is 1. The molecule has 0 radical (unpaired) electrons. The highest BCUT2D eigenvalue weighted by Crippen LogP contribution is 2.39. The molecular formula is C10H10O3. The van der Waals surface area contributed by atoms with Crippen LogP contribution in [0, 0.1) is 11.3 Å². The van der Waals surface area contributed by atoms with Crippen LogP contribution in [0.2, 0.25) is 0 Å². The van der Waals surface area contributed by atoms with Gasteiger partial charge in [0.1, 0.15) is 0 Å². The maximum atomic E-state index is 11.7. The molecule has 0 saturated carbocycles. The Morgan fingerprint density at radius 3 is 3.08 bits per heavy atom. The van der Waals surface area contributed by atoms with Gasteiger partial charge in [-0.25, -0.2) is 0 Å². The Morgan fingerprint density at radius 2 is 2.38 bits per heavy atom. The first-order valence-corrected chi connectivity index (χ1v) is 4.20. The van der Waals surface area contributed by atoms with Crippen molar-refractivity contribution in [2.75, 3.05) is 7.11 Å². The van der Waals surface area contributed by atoms with Crippen LogP contribution in [0.3, 0.4) is 0 Å². The fourth-order valence-electron chi connectivity index (χ4n) is 1.87. The highest BCUT2D eigenvalue weighted by Gasteiger charge is 2.50. The van der Waals surface area contributed by atoms with E-state index in [9.17, 15) is 9.59 Å². The maximum Gasteiger partial charge on any atom is 0.327 e. The molecule has 2 bridgehead atoms. The fourth-order valence-corrected chi connectivity index (χ4v) is 1.87. The average molecular weight is 178 g/mol. The second kappa shape index (κ2) is 2.55. The molecule has 0 unspecified atom stereocenters. The zero-order valence-electron chi connectivity index (χ0n) is 7.32. The molecule has 3 nitrogen and oxygen atoms in total. The van der Waals surface area contributed by atoms with Gasteiger partial charge in [-0.15, -0.1) is 0 Å². The van der Waals surface area contributed by atoms with Gasteiger partial charge in [0.15, 0.2) is 11.2 Å². The van der Waals surface area contributed by atoms with Gasteiger partial charge in [-0.2, -0.15) is 0 Å². The van der Waals surface area contributed by atoms with Crippen LogP contribution in [-0.2, 0) is 14.3 Å². The predicted octanol–water partition coefficient (Wildman–Crippen LogP) is 0.861. The van der Waals surface area contributed by atoms with Gasteiger partial charge in [0.2, 0.25) is 0 Å². The van der Waals surface area contributed by atoms with Crippen LogP contribution in [0.25, 0.3) is 0 Å². The topological polar surface area (TPSA) is 43.4 Å². The number of fused-ring (bicyclic) bond motifs is 2. The summed E-state index contributed by atoms with van der Waals surface area (Å²) in [6, 6.07) is 0. The molecule has 0 saturated heterocycles. The molecule has 3 heteroatoms. The van der Waals surface area contributed by atoms with Crippen LogP contribution in [0.5, 0.6) is 0 Å². The second-order valence-electron chi connectivity index (χ2n) is 3.33. The lowest BCUT2D eigenvalue weighted by atomic mass is 9.79. The van der Waals surface area contributed by atoms with E-state index in [1.807, 2.05) is 6.08 Å². The van der Waals surface area contributed by atoms with Crippen molar-refractivity contribution < 1.29 is 14.3 Å². The first-order valence-electron chi connectivity index (χ1n) is 4.20. The Hall–Kier alpha value is -1.38. The number of hydrogen-bond donors (Lipinski definition) is 0. The van der Waals surface area contributed by atoms with E-state index in [2.05, 4.69) is 4.74 Å². The molecule has 2 aliphatic rings. The summed E-state index contributed by atoms with van der Waals surface area (Å²) < 4.78 is 4.62. The van der Waals surface area contributed by atoms with Crippen molar-refractivity contribution >= 4 is 11.8 Å². The van der Waals surface area contributed by atoms with E-state index in [1.54, 1.807) is 18.2 Å². The van der Waals surface area contributed by atoms with Gasteiger partial charge in [-0.1, -0.05) is 24.3 Å². The zero-order valence-corrected chi connectivity index (χ0v) is 7.32. The molecule has 0 aromatic rings. The zero-order chi connectivity index (χ0) is 9.47. The molecule has 0 amide bonds. The van der Waals surface area contributed by atoms with Crippen molar-refractivity contribution in [3.8, 4) is 0 Å². The van der Waals surface area contributed by atoms with E-state index in [1.165, 1.54) is 7.11 Å². The molecule has 0 fully saturated rings. The largest absolute Gasteiger partial charge is 0.468 e. The smallest absolute Gasteiger partial charge is 0.327 e. The van der Waals surface area contributed by atoms with E-state index in [-0.39, 0.29) is 11.7 Å². The van der Waals surface area contributed by atoms with Crippen molar-refractivity contribution in [2.24, 2.45) is 11.3 Å². The highest BCUT2D eigenvalue weighted by molar-refractivity contribution is 6.12. The van der Waals surface area contributed by atoms with E-state index in [0.717, 1.165) is 0 Å². The Bertz CT molecular complexity index is 323. The summed E-state index contributed by atoms with van der Waals surface area (Å²) in [7, 11) is 1.30. The summed E-state index contributed by atoms with van der Waals surface area (Å²) in [5, 5.41) is 0. The Balaban J connectivity index is 2.46. The Morgan fingerprint density at radius 1 is 1.62 bits per heavy atom. The summed E-state index contributed by atoms with van der Waals surface area (Å²) in [6.45, 7) is 0. The lowest BCUT2D eigenvalue weighted by molar-refractivity contribution is -0.152. The molecule has 2 rings (SSSR count). The third-order valence-corrected chi connectivity index (χ3v) is 2.63. The number of allylic oxidation sites excluding steroid dienone is 2. The number of rotatable bonds is 1. The number of ether oxygens (including phenoxy) is 1. The van der Waals surface area contributed by atoms with E-state index in [4.69, 9.17) is 0 Å². The quantitative estimate of drug-likeness (QED) is 0.340. The van der Waals surface area contributed by atoms with Gasteiger partial charge >= 0.3 is 5.97 Å². The molecule has 0 aromatic heterocycles. The van der Waals surface area contributed by atoms with Crippen molar-refractivity contribution in [2.45, 2.75) is 6.42 Å². The van der Waals surface area contributed by atoms with Gasteiger partial charge in [0.25, 0.3) is 0 Å². The van der Waals surface area contributed by atoms with Crippen LogP contribution < -0.4 is 0 Å². The molecule has 68 valence electrons. The SMILES string of the molecule is COC(=O)[C@@]12C=CC[C@@H](C=C1)C2=O. The second-order valence-corrected chi connectivity index (χ2v) is 3.33. The van der Waals surface area contributed by atoms with Crippen molar-refractivity contribution in [1.29, 1.82) is 0 Å². The summed E-state index contributed by atoms with van der Waals surface area (Å²) in [5.74, 6) is -0.654. The van der Waals surface area contributed by atoms with E-state index < -0.39 is 11.4 Å². The molecule has 0 aromatic carbocycles. The van der Waals surface area contributed by atoms with Gasteiger partial charge in [-0.05, 0) is 6.42 Å². The molecule has 0 aliphatic heterocycles. The number of Topliss-reactive ketones (excluding diaryl/α,β-unsaturated/α-hetero) is 1. The van der Waals surface area contributed by atoms with Gasteiger partial charge in [-0.3, -0.25) is 9.59 Å². The van der Waals surface area contributed by atoms with Crippen molar-refractivity contribution in [3.63, 3.8) is 0 Å². The summed E-state index contributed by atoms with van der Waals surface area (Å²) >= 11 is 0. The maximum absolute atomic E-state index is 11.7. The average Bonchev–Trinajstić information content (AvgIpc) is 2.40. The minimum Gasteiger partial charge on any atom is -0.468 e. The van der Waals surface area contributed by atoms with Gasteiger partial charge in [0.05, 0.1) is 7.11 Å². The van der Waals surface area contributed by atoms with Gasteiger partial charge < -0.3 is 4.74 Å². The number of carbonyl (C=O) groups excluding carboxylic acids is 2. The van der Waals surface area contributed by atoms with Crippen molar-refractivity contribution in [3.05, 3.63) is 24.3 Å². The summed E-state index contributed by atoms with van der Waals surface area (Å²) in [4.78, 5) is 23.1. The predicted molar refractivity (Wildman–Crippen MR) is 45.8 cm³/mol. The fraction of sp³-hybridized carbons (Fsp3) is 0.400. The number of carbonyl (C=O) groups is 2. The first-order chi connectivity index (χ1) is 6.20. The van der Waals surface area contributed by atoms with Crippen molar-refractivity contribution in [1.82, 2.24) is 0 Å². The molecular weight excluding hydrogens is 168 g/mol. The highest BCUT2D eigenvalue weighted by atomic mass is 16.5. The summed E-state index contributed by atoms with van der Waals surface area (Å²) in [5.41, 5.74) is -1.10. The number of methoxy groups -OCH3 is 1. The van der Waals surface area contributed by atoms with E-state index >= 15 is 0 Å². The number of ketones is 1. The van der Waals surface area contributed by atoms with Gasteiger partial charge in [0, 0.05) is 5.92 Å². The van der Waals surface area contributed by atoms with Crippen LogP contribution in [0.1, 0.15) is 6.42 Å². The molecule has 0 heterocycles. The monoisotopic (exact) mass is 178 g/mol. The molecule has 2 atom stereocenters. The van der Waals surface area contributed by atoms with Crippen LogP contribution >= 0.6 is 0 Å². The minimum atomic E-state index is -1.10. The normalized spacial score (nSPS) is 35.2. The summed E-state index contributed by atoms with van der Waals surface area (Å²) in [6.07, 6.45) is 7.65. The molecule has 13 heavy (non-hydrogen) atoms. The molecule has 2 aliphatic carbocycles. The lowest BCUT2D eigenvalue weighted by Gasteiger charge is -2.23. The Kier molecular flexibility index (Phi) is 1.62. The molecule has 0 spiro atoms.